The number of hydrogen-bond donors (Lipinski definition) is 1. The van der Waals surface area contributed by atoms with E-state index in [0.29, 0.717) is 6.61 Å². The molecule has 0 heterocycles. The molecule has 0 bridgehead atoms. The first-order valence-corrected chi connectivity index (χ1v) is 4.63. The lowest BCUT2D eigenvalue weighted by atomic mass is 10.2. The number of carbonyl (C=O) groups excluding carboxylic acids is 1. The van der Waals surface area contributed by atoms with E-state index in [1.165, 1.54) is 7.11 Å². The van der Waals surface area contributed by atoms with Crippen LogP contribution in [0.3, 0.4) is 0 Å². The minimum Gasteiger partial charge on any atom is -0.381 e. The topological polar surface area (TPSA) is 47.6 Å². The summed E-state index contributed by atoms with van der Waals surface area (Å²) in [4.78, 5) is 15.6. The Morgan fingerprint density at radius 2 is 2.23 bits per heavy atom. The summed E-state index contributed by atoms with van der Waals surface area (Å²) in [6.45, 7) is 5.08. The average Bonchev–Trinajstić information content (AvgIpc) is 2.12. The summed E-state index contributed by atoms with van der Waals surface area (Å²) in [5.41, 5.74) is 2.27. The van der Waals surface area contributed by atoms with Crippen molar-refractivity contribution in [3.05, 3.63) is 0 Å². The first-order chi connectivity index (χ1) is 6.22. The quantitative estimate of drug-likeness (QED) is 0.482. The zero-order valence-corrected chi connectivity index (χ0v) is 8.63. The Hall–Kier alpha value is -0.610. The first-order valence-electron chi connectivity index (χ1n) is 4.63. The van der Waals surface area contributed by atoms with Crippen LogP contribution in [-0.2, 0) is 14.4 Å². The molecule has 0 fully saturated rings. The van der Waals surface area contributed by atoms with E-state index in [2.05, 4.69) is 17.2 Å². The summed E-state index contributed by atoms with van der Waals surface area (Å²) < 4.78 is 5.29. The van der Waals surface area contributed by atoms with Crippen molar-refractivity contribution in [1.82, 2.24) is 5.48 Å². The summed E-state index contributed by atoms with van der Waals surface area (Å²) in [7, 11) is 1.42. The Bertz CT molecular complexity index is 139. The van der Waals surface area contributed by atoms with Crippen LogP contribution in [-0.4, -0.2) is 26.2 Å². The second-order valence-corrected chi connectivity index (χ2v) is 3.00. The molecule has 0 aliphatic rings. The molecule has 0 aromatic carbocycles. The van der Waals surface area contributed by atoms with Gasteiger partial charge in [0, 0.05) is 6.61 Å². The maximum Gasteiger partial charge on any atom is 0.248 e. The van der Waals surface area contributed by atoms with Gasteiger partial charge in [-0.3, -0.25) is 9.63 Å². The number of hydrogen-bond acceptors (Lipinski definition) is 3. The van der Waals surface area contributed by atoms with Crippen molar-refractivity contribution in [2.24, 2.45) is 5.92 Å². The third-order valence-corrected chi connectivity index (χ3v) is 1.66. The van der Waals surface area contributed by atoms with E-state index >= 15 is 0 Å². The first kappa shape index (κ1) is 12.4. The molecule has 0 rings (SSSR count). The largest absolute Gasteiger partial charge is 0.381 e. The number of carbonyl (C=O) groups is 1. The van der Waals surface area contributed by atoms with Crippen molar-refractivity contribution in [3.8, 4) is 0 Å². The molecule has 78 valence electrons. The van der Waals surface area contributed by atoms with E-state index in [1.807, 2.05) is 0 Å². The van der Waals surface area contributed by atoms with Crippen molar-refractivity contribution < 1.29 is 14.4 Å². The maximum absolute atomic E-state index is 11.1. The number of unbranched alkanes of at least 4 members (excludes halogenated alkanes) is 1. The van der Waals surface area contributed by atoms with Crippen molar-refractivity contribution in [3.63, 3.8) is 0 Å². The van der Waals surface area contributed by atoms with Gasteiger partial charge in [-0.05, 0) is 6.42 Å². The van der Waals surface area contributed by atoms with E-state index in [1.54, 1.807) is 6.92 Å². The van der Waals surface area contributed by atoms with Crippen LogP contribution in [0.1, 0.15) is 26.7 Å². The highest BCUT2D eigenvalue weighted by atomic mass is 16.6. The Morgan fingerprint density at radius 3 is 2.77 bits per heavy atom. The Labute approximate surface area is 79.6 Å². The lowest BCUT2D eigenvalue weighted by Gasteiger charge is -2.10. The van der Waals surface area contributed by atoms with Gasteiger partial charge in [-0.2, -0.15) is 0 Å². The van der Waals surface area contributed by atoms with Gasteiger partial charge in [0.2, 0.25) is 5.91 Å². The molecule has 4 heteroatoms. The highest BCUT2D eigenvalue weighted by Crippen LogP contribution is 1.97. The highest BCUT2D eigenvalue weighted by molar-refractivity contribution is 5.77. The molecule has 1 N–H and O–H groups in total. The standard InChI is InChI=1S/C9H19NO3/c1-4-5-6-13-7-8(2)9(11)10-12-3/h8H,4-7H2,1-3H3,(H,10,11)/t8-/m0/s1. The predicted octanol–water partition coefficient (Wildman–Crippen LogP) is 1.12. The van der Waals surface area contributed by atoms with Crippen LogP contribution >= 0.6 is 0 Å². The molecule has 13 heavy (non-hydrogen) atoms. The molecular weight excluding hydrogens is 170 g/mol. The number of amides is 1. The van der Waals surface area contributed by atoms with Crippen LogP contribution in [0, 0.1) is 5.92 Å². The molecule has 0 aromatic heterocycles. The third-order valence-electron chi connectivity index (χ3n) is 1.66. The van der Waals surface area contributed by atoms with E-state index in [9.17, 15) is 4.79 Å². The summed E-state index contributed by atoms with van der Waals surface area (Å²) in [5.74, 6) is -0.296. The van der Waals surface area contributed by atoms with E-state index in [4.69, 9.17) is 4.74 Å². The lowest BCUT2D eigenvalue weighted by molar-refractivity contribution is -0.136. The number of nitrogens with one attached hydrogen (secondary N) is 1. The molecule has 1 atom stereocenters. The fraction of sp³-hybridized carbons (Fsp3) is 0.889. The van der Waals surface area contributed by atoms with Crippen LogP contribution in [0.2, 0.25) is 0 Å². The Balaban J connectivity index is 3.38. The zero-order chi connectivity index (χ0) is 10.1. The Morgan fingerprint density at radius 1 is 1.54 bits per heavy atom. The predicted molar refractivity (Wildman–Crippen MR) is 50.0 cm³/mol. The minimum absolute atomic E-state index is 0.140. The van der Waals surface area contributed by atoms with Crippen molar-refractivity contribution in [2.75, 3.05) is 20.3 Å². The third kappa shape index (κ3) is 6.54. The second kappa shape index (κ2) is 8.01. The molecule has 0 unspecified atom stereocenters. The van der Waals surface area contributed by atoms with E-state index in [0.717, 1.165) is 19.4 Å². The van der Waals surface area contributed by atoms with Crippen molar-refractivity contribution in [2.45, 2.75) is 26.7 Å². The van der Waals surface area contributed by atoms with Crippen LogP contribution in [0.25, 0.3) is 0 Å². The van der Waals surface area contributed by atoms with Gasteiger partial charge in [-0.15, -0.1) is 0 Å². The van der Waals surface area contributed by atoms with Crippen LogP contribution in [0.4, 0.5) is 0 Å². The summed E-state index contributed by atoms with van der Waals surface area (Å²) in [5, 5.41) is 0. The molecule has 0 saturated carbocycles. The number of hydroxylamine groups is 1. The average molecular weight is 189 g/mol. The van der Waals surface area contributed by atoms with Gasteiger partial charge in [0.05, 0.1) is 19.6 Å². The SMILES string of the molecule is CCCCOC[C@H](C)C(=O)NOC. The fourth-order valence-electron chi connectivity index (χ4n) is 0.783. The second-order valence-electron chi connectivity index (χ2n) is 3.00. The fourth-order valence-corrected chi connectivity index (χ4v) is 0.783. The van der Waals surface area contributed by atoms with Gasteiger partial charge in [0.25, 0.3) is 0 Å². The molecule has 0 spiro atoms. The smallest absolute Gasteiger partial charge is 0.248 e. The molecular formula is C9H19NO3. The molecule has 0 aliphatic heterocycles. The molecule has 0 aliphatic carbocycles. The van der Waals surface area contributed by atoms with Gasteiger partial charge in [-0.1, -0.05) is 20.3 Å². The van der Waals surface area contributed by atoms with Gasteiger partial charge in [0.15, 0.2) is 0 Å². The molecule has 0 saturated heterocycles. The molecule has 0 aromatic rings. The lowest BCUT2D eigenvalue weighted by Crippen LogP contribution is -2.30. The highest BCUT2D eigenvalue weighted by Gasteiger charge is 2.11. The minimum atomic E-state index is -0.156. The van der Waals surface area contributed by atoms with Gasteiger partial charge in [0.1, 0.15) is 0 Å². The normalized spacial score (nSPS) is 12.5. The summed E-state index contributed by atoms with van der Waals surface area (Å²) in [6.07, 6.45) is 2.15. The number of ether oxygens (including phenoxy) is 1. The zero-order valence-electron chi connectivity index (χ0n) is 8.63. The summed E-state index contributed by atoms with van der Waals surface area (Å²) in [6, 6.07) is 0. The van der Waals surface area contributed by atoms with Gasteiger partial charge >= 0.3 is 0 Å². The monoisotopic (exact) mass is 189 g/mol. The molecule has 1 amide bonds. The maximum atomic E-state index is 11.1. The van der Waals surface area contributed by atoms with Crippen LogP contribution in [0.15, 0.2) is 0 Å². The summed E-state index contributed by atoms with van der Waals surface area (Å²) >= 11 is 0. The van der Waals surface area contributed by atoms with E-state index < -0.39 is 0 Å². The molecule has 4 nitrogen and oxygen atoms in total. The number of rotatable bonds is 7. The van der Waals surface area contributed by atoms with Crippen molar-refractivity contribution in [1.29, 1.82) is 0 Å². The van der Waals surface area contributed by atoms with Crippen LogP contribution < -0.4 is 5.48 Å². The van der Waals surface area contributed by atoms with E-state index in [-0.39, 0.29) is 11.8 Å². The van der Waals surface area contributed by atoms with Gasteiger partial charge < -0.3 is 4.74 Å². The van der Waals surface area contributed by atoms with Gasteiger partial charge in [-0.25, -0.2) is 5.48 Å². The van der Waals surface area contributed by atoms with Crippen LogP contribution in [0.5, 0.6) is 0 Å². The Kier molecular flexibility index (Phi) is 7.63. The molecule has 0 radical (unpaired) electrons. The van der Waals surface area contributed by atoms with Crippen molar-refractivity contribution >= 4 is 5.91 Å².